The highest BCUT2D eigenvalue weighted by molar-refractivity contribution is 6.39. The third kappa shape index (κ3) is 5.47. The number of halogens is 4. The molecule has 2 aliphatic rings. The zero-order valence-corrected chi connectivity index (χ0v) is 21.9. The lowest BCUT2D eigenvalue weighted by Gasteiger charge is -2.29. The Kier molecular flexibility index (Phi) is 7.29. The second-order valence-electron chi connectivity index (χ2n) is 9.94. The lowest BCUT2D eigenvalue weighted by Crippen LogP contribution is -2.32. The van der Waals surface area contributed by atoms with Crippen LogP contribution >= 0.6 is 23.2 Å². The number of nitrogens with one attached hydrogen (secondary N) is 2. The van der Waals surface area contributed by atoms with E-state index in [2.05, 4.69) is 15.6 Å². The van der Waals surface area contributed by atoms with Gasteiger partial charge in [-0.2, -0.15) is 10.2 Å². The molecule has 0 unspecified atom stereocenters. The number of amides is 1. The molecular formula is C25H26Cl2F2N8O. The van der Waals surface area contributed by atoms with Gasteiger partial charge in [-0.25, -0.2) is 18.7 Å². The number of primary amides is 1. The minimum atomic E-state index is -2.63. The predicted molar refractivity (Wildman–Crippen MR) is 141 cm³/mol. The monoisotopic (exact) mass is 562 g/mol. The Morgan fingerprint density at radius 2 is 1.76 bits per heavy atom. The number of hydrogen-bond acceptors (Lipinski definition) is 7. The number of nitrogens with zero attached hydrogens (tertiary/aromatic N) is 5. The van der Waals surface area contributed by atoms with E-state index in [1.807, 2.05) is 10.6 Å². The van der Waals surface area contributed by atoms with E-state index in [0.29, 0.717) is 72.8 Å². The van der Waals surface area contributed by atoms with E-state index in [4.69, 9.17) is 38.9 Å². The summed E-state index contributed by atoms with van der Waals surface area (Å²) in [4.78, 5) is 25.5. The summed E-state index contributed by atoms with van der Waals surface area (Å²) in [6.45, 7) is 0. The highest BCUT2D eigenvalue weighted by Crippen LogP contribution is 2.40. The van der Waals surface area contributed by atoms with Crippen LogP contribution in [-0.2, 0) is 4.79 Å². The summed E-state index contributed by atoms with van der Waals surface area (Å²) in [6.07, 6.45) is 4.50. The summed E-state index contributed by atoms with van der Waals surface area (Å²) in [6, 6.07) is 4.84. The van der Waals surface area contributed by atoms with Gasteiger partial charge in [0.2, 0.25) is 23.7 Å². The summed E-state index contributed by atoms with van der Waals surface area (Å²) in [5.74, 6) is -2.35. The van der Waals surface area contributed by atoms with Gasteiger partial charge in [0, 0.05) is 30.8 Å². The van der Waals surface area contributed by atoms with E-state index in [0.717, 1.165) is 0 Å². The fourth-order valence-electron chi connectivity index (χ4n) is 5.25. The van der Waals surface area contributed by atoms with E-state index in [9.17, 15) is 18.8 Å². The van der Waals surface area contributed by atoms with Crippen LogP contribution in [0.15, 0.2) is 18.3 Å². The third-order valence-corrected chi connectivity index (χ3v) is 7.95. The van der Waals surface area contributed by atoms with Crippen LogP contribution in [0.1, 0.15) is 63.0 Å². The lowest BCUT2D eigenvalue weighted by molar-refractivity contribution is -0.122. The number of carbonyl (C=O) groups excluding carboxylic acids is 1. The van der Waals surface area contributed by atoms with Gasteiger partial charge in [0.15, 0.2) is 5.65 Å². The van der Waals surface area contributed by atoms with Crippen molar-refractivity contribution in [2.75, 3.05) is 10.6 Å². The number of nitriles is 1. The van der Waals surface area contributed by atoms with Crippen LogP contribution in [0.2, 0.25) is 10.0 Å². The second-order valence-corrected chi connectivity index (χ2v) is 10.8. The third-order valence-electron chi connectivity index (χ3n) is 7.36. The van der Waals surface area contributed by atoms with Gasteiger partial charge in [0.05, 0.1) is 33.6 Å². The average molecular weight is 563 g/mol. The van der Waals surface area contributed by atoms with Gasteiger partial charge in [0.1, 0.15) is 5.52 Å². The number of nitrogens with two attached hydrogens (primary N) is 1. The number of fused-ring (bicyclic) bond motifs is 1. The summed E-state index contributed by atoms with van der Waals surface area (Å²) in [5, 5.41) is 16.1. The van der Waals surface area contributed by atoms with Crippen molar-refractivity contribution >= 4 is 57.9 Å². The molecular weight excluding hydrogens is 537 g/mol. The molecule has 200 valence electrons. The first kappa shape index (κ1) is 26.4. The van der Waals surface area contributed by atoms with Crippen molar-refractivity contribution < 1.29 is 13.6 Å². The molecule has 13 heteroatoms. The van der Waals surface area contributed by atoms with Gasteiger partial charge in [-0.15, -0.1) is 0 Å². The Morgan fingerprint density at radius 1 is 1.11 bits per heavy atom. The zero-order chi connectivity index (χ0) is 27.0. The van der Waals surface area contributed by atoms with Gasteiger partial charge in [-0.3, -0.25) is 9.36 Å². The minimum Gasteiger partial charge on any atom is -0.369 e. The molecule has 0 saturated heterocycles. The highest BCUT2D eigenvalue weighted by atomic mass is 35.5. The van der Waals surface area contributed by atoms with Gasteiger partial charge < -0.3 is 16.4 Å². The molecule has 1 amide bonds. The van der Waals surface area contributed by atoms with E-state index >= 15 is 0 Å². The number of carbonyl (C=O) groups is 1. The Labute approximate surface area is 227 Å². The first-order chi connectivity index (χ1) is 18.1. The Hall–Kier alpha value is -3.23. The molecule has 2 aliphatic carbocycles. The standard InChI is InChI=1S/C25H26Cl2F2N8O/c26-17-9-13(11-30)10-18(27)20(17)35-24-34-19-12-32-23(33-15-5-7-25(28,29)8-6-15)36-22(19)37(24)16-3-1-14(2-4-16)21(31)38/h9-10,12,14-16H,1-8H2,(H2,31,38)(H,34,35)(H,32,33,36)/t14-,16-. The predicted octanol–water partition coefficient (Wildman–Crippen LogP) is 5.95. The average Bonchev–Trinajstić information content (AvgIpc) is 3.24. The van der Waals surface area contributed by atoms with Crippen molar-refractivity contribution in [3.8, 4) is 6.07 Å². The van der Waals surface area contributed by atoms with Gasteiger partial charge >= 0.3 is 0 Å². The van der Waals surface area contributed by atoms with Crippen LogP contribution in [0.4, 0.5) is 26.4 Å². The number of hydrogen-bond donors (Lipinski definition) is 3. The lowest BCUT2D eigenvalue weighted by atomic mass is 9.85. The maximum atomic E-state index is 13.6. The van der Waals surface area contributed by atoms with Crippen molar-refractivity contribution in [3.63, 3.8) is 0 Å². The van der Waals surface area contributed by atoms with Crippen LogP contribution in [0, 0.1) is 17.2 Å². The molecule has 2 saturated carbocycles. The van der Waals surface area contributed by atoms with Crippen LogP contribution in [0.5, 0.6) is 0 Å². The molecule has 9 nitrogen and oxygen atoms in total. The molecule has 4 N–H and O–H groups in total. The maximum Gasteiger partial charge on any atom is 0.248 e. The van der Waals surface area contributed by atoms with E-state index in [1.165, 1.54) is 12.1 Å². The molecule has 2 fully saturated rings. The van der Waals surface area contributed by atoms with Crippen molar-refractivity contribution in [2.24, 2.45) is 11.7 Å². The van der Waals surface area contributed by atoms with E-state index < -0.39 is 5.92 Å². The highest BCUT2D eigenvalue weighted by Gasteiger charge is 2.35. The second kappa shape index (κ2) is 10.5. The number of anilines is 3. The molecule has 0 radical (unpaired) electrons. The Bertz CT molecular complexity index is 1380. The van der Waals surface area contributed by atoms with Crippen molar-refractivity contribution in [2.45, 2.75) is 69.4 Å². The fraction of sp³-hybridized carbons (Fsp3) is 0.480. The summed E-state index contributed by atoms with van der Waals surface area (Å²) < 4.78 is 29.1. The van der Waals surface area contributed by atoms with Crippen LogP contribution in [0.25, 0.3) is 11.2 Å². The molecule has 38 heavy (non-hydrogen) atoms. The number of aromatic nitrogens is 4. The quantitative estimate of drug-likeness (QED) is 0.337. The first-order valence-corrected chi connectivity index (χ1v) is 13.2. The number of benzene rings is 1. The maximum absolute atomic E-state index is 13.6. The largest absolute Gasteiger partial charge is 0.369 e. The topological polar surface area (TPSA) is 135 Å². The molecule has 1 aromatic carbocycles. The van der Waals surface area contributed by atoms with Crippen LogP contribution in [-0.4, -0.2) is 37.4 Å². The molecule has 0 spiro atoms. The molecule has 0 aliphatic heterocycles. The molecule has 2 aromatic heterocycles. The Morgan fingerprint density at radius 3 is 2.37 bits per heavy atom. The molecule has 0 atom stereocenters. The minimum absolute atomic E-state index is 0.0508. The number of alkyl halides is 2. The first-order valence-electron chi connectivity index (χ1n) is 12.5. The van der Waals surface area contributed by atoms with Crippen LogP contribution < -0.4 is 16.4 Å². The zero-order valence-electron chi connectivity index (χ0n) is 20.4. The van der Waals surface area contributed by atoms with Gasteiger partial charge in [-0.1, -0.05) is 23.2 Å². The van der Waals surface area contributed by atoms with E-state index in [1.54, 1.807) is 6.20 Å². The van der Waals surface area contributed by atoms with Crippen molar-refractivity contribution in [1.82, 2.24) is 19.5 Å². The van der Waals surface area contributed by atoms with Crippen molar-refractivity contribution in [1.29, 1.82) is 5.26 Å². The Balaban J connectivity index is 1.50. The SMILES string of the molecule is N#Cc1cc(Cl)c(Nc2nc3cnc(NC4CCC(F)(F)CC4)nc3n2[C@H]2CC[C@H](C(N)=O)CC2)c(Cl)c1. The smallest absolute Gasteiger partial charge is 0.248 e. The molecule has 2 heterocycles. The molecule has 3 aromatic rings. The number of rotatable bonds is 6. The molecule has 0 bridgehead atoms. The van der Waals surface area contributed by atoms with Crippen LogP contribution in [0.3, 0.4) is 0 Å². The van der Waals surface area contributed by atoms with Gasteiger partial charge in [0.25, 0.3) is 0 Å². The summed E-state index contributed by atoms with van der Waals surface area (Å²) in [5.41, 5.74) is 7.33. The normalized spacial score (nSPS) is 21.7. The molecule has 5 rings (SSSR count). The summed E-state index contributed by atoms with van der Waals surface area (Å²) >= 11 is 12.9. The summed E-state index contributed by atoms with van der Waals surface area (Å²) in [7, 11) is 0. The fourth-order valence-corrected chi connectivity index (χ4v) is 5.83. The van der Waals surface area contributed by atoms with E-state index in [-0.39, 0.29) is 46.8 Å². The number of imidazole rings is 1. The van der Waals surface area contributed by atoms with Gasteiger partial charge in [-0.05, 0) is 50.7 Å². The van der Waals surface area contributed by atoms with Crippen molar-refractivity contribution in [3.05, 3.63) is 33.9 Å².